The molecule has 1 aliphatic rings. The molecule has 104 valence electrons. The van der Waals surface area contributed by atoms with Gasteiger partial charge in [0.25, 0.3) is 0 Å². The van der Waals surface area contributed by atoms with Crippen molar-refractivity contribution in [1.82, 2.24) is 4.72 Å². The van der Waals surface area contributed by atoms with Crippen LogP contribution < -0.4 is 4.72 Å². The van der Waals surface area contributed by atoms with Crippen molar-refractivity contribution in [3.63, 3.8) is 0 Å². The Morgan fingerprint density at radius 2 is 1.90 bits per heavy atom. The quantitative estimate of drug-likeness (QED) is 0.945. The topological polar surface area (TPSA) is 46.2 Å². The normalized spacial score (nSPS) is 17.9. The van der Waals surface area contributed by atoms with Gasteiger partial charge >= 0.3 is 0 Å². The Morgan fingerprint density at radius 3 is 2.70 bits per heavy atom. The number of aryl methyl sites for hydroxylation is 1. The molecule has 0 aromatic heterocycles. The number of halogens is 1. The Hall–Kier alpha value is -1.36. The molecule has 0 radical (unpaired) electrons. The van der Waals surface area contributed by atoms with Crippen molar-refractivity contribution in [3.8, 4) is 0 Å². The SMILES string of the molecule is O=S(=O)(NC1CCc2ccccc21)c1cccc(Cl)c1. The van der Waals surface area contributed by atoms with Crippen molar-refractivity contribution in [2.45, 2.75) is 23.8 Å². The van der Waals surface area contributed by atoms with Crippen molar-refractivity contribution in [3.05, 3.63) is 64.7 Å². The van der Waals surface area contributed by atoms with Gasteiger partial charge in [-0.15, -0.1) is 0 Å². The first-order valence-electron chi connectivity index (χ1n) is 6.42. The van der Waals surface area contributed by atoms with E-state index in [-0.39, 0.29) is 10.9 Å². The van der Waals surface area contributed by atoms with E-state index in [0.717, 1.165) is 18.4 Å². The highest BCUT2D eigenvalue weighted by Gasteiger charge is 2.27. The van der Waals surface area contributed by atoms with Gasteiger partial charge in [0.05, 0.1) is 4.90 Å². The van der Waals surface area contributed by atoms with Gasteiger partial charge in [-0.25, -0.2) is 13.1 Å². The van der Waals surface area contributed by atoms with Crippen LogP contribution in [0.4, 0.5) is 0 Å². The molecule has 0 saturated carbocycles. The van der Waals surface area contributed by atoms with Crippen molar-refractivity contribution in [2.75, 3.05) is 0 Å². The summed E-state index contributed by atoms with van der Waals surface area (Å²) in [6.45, 7) is 0. The van der Waals surface area contributed by atoms with Crippen molar-refractivity contribution < 1.29 is 8.42 Å². The minimum atomic E-state index is -3.54. The molecule has 3 rings (SSSR count). The molecule has 5 heteroatoms. The van der Waals surface area contributed by atoms with E-state index < -0.39 is 10.0 Å². The van der Waals surface area contributed by atoms with Crippen LogP contribution in [0.15, 0.2) is 53.4 Å². The smallest absolute Gasteiger partial charge is 0.207 e. The summed E-state index contributed by atoms with van der Waals surface area (Å²) in [4.78, 5) is 0.203. The van der Waals surface area contributed by atoms with E-state index in [0.29, 0.717) is 5.02 Å². The lowest BCUT2D eigenvalue weighted by atomic mass is 10.1. The van der Waals surface area contributed by atoms with Crippen LogP contribution in [0, 0.1) is 0 Å². The lowest BCUT2D eigenvalue weighted by Gasteiger charge is -2.14. The molecule has 0 amide bonds. The first-order valence-corrected chi connectivity index (χ1v) is 8.28. The van der Waals surface area contributed by atoms with E-state index >= 15 is 0 Å². The molecule has 0 fully saturated rings. The summed E-state index contributed by atoms with van der Waals surface area (Å²) >= 11 is 5.86. The van der Waals surface area contributed by atoms with Gasteiger partial charge in [0, 0.05) is 11.1 Å². The maximum Gasteiger partial charge on any atom is 0.241 e. The largest absolute Gasteiger partial charge is 0.241 e. The van der Waals surface area contributed by atoms with Gasteiger partial charge in [-0.2, -0.15) is 0 Å². The minimum absolute atomic E-state index is 0.157. The highest BCUT2D eigenvalue weighted by molar-refractivity contribution is 7.89. The molecule has 0 bridgehead atoms. The Bertz CT molecular complexity index is 743. The maximum atomic E-state index is 12.4. The van der Waals surface area contributed by atoms with Gasteiger partial charge in [0.2, 0.25) is 10.0 Å². The third kappa shape index (κ3) is 2.59. The standard InChI is InChI=1S/C15H14ClNO2S/c16-12-5-3-6-13(10-12)20(18,19)17-15-9-8-11-4-1-2-7-14(11)15/h1-7,10,15,17H,8-9H2. The predicted molar refractivity (Wildman–Crippen MR) is 79.3 cm³/mol. The van der Waals surface area contributed by atoms with Crippen molar-refractivity contribution in [2.24, 2.45) is 0 Å². The van der Waals surface area contributed by atoms with Crippen LogP contribution in [-0.2, 0) is 16.4 Å². The van der Waals surface area contributed by atoms with Gasteiger partial charge in [-0.1, -0.05) is 41.9 Å². The van der Waals surface area contributed by atoms with Crippen LogP contribution in [0.5, 0.6) is 0 Å². The maximum absolute atomic E-state index is 12.4. The summed E-state index contributed by atoms with van der Waals surface area (Å²) < 4.78 is 27.5. The number of rotatable bonds is 3. The molecular weight excluding hydrogens is 294 g/mol. The van der Waals surface area contributed by atoms with E-state index in [9.17, 15) is 8.42 Å². The lowest BCUT2D eigenvalue weighted by molar-refractivity contribution is 0.554. The van der Waals surface area contributed by atoms with Gasteiger partial charge in [-0.05, 0) is 42.2 Å². The Morgan fingerprint density at radius 1 is 1.10 bits per heavy atom. The average Bonchev–Trinajstić information content (AvgIpc) is 2.82. The average molecular weight is 308 g/mol. The number of sulfonamides is 1. The number of nitrogens with one attached hydrogen (secondary N) is 1. The molecule has 1 aliphatic carbocycles. The van der Waals surface area contributed by atoms with E-state index in [1.165, 1.54) is 11.6 Å². The first kappa shape index (κ1) is 13.6. The molecule has 20 heavy (non-hydrogen) atoms. The van der Waals surface area contributed by atoms with Gasteiger partial charge in [-0.3, -0.25) is 0 Å². The number of benzene rings is 2. The molecule has 2 aromatic carbocycles. The fourth-order valence-electron chi connectivity index (χ4n) is 2.57. The minimum Gasteiger partial charge on any atom is -0.207 e. The third-order valence-electron chi connectivity index (χ3n) is 3.54. The summed E-state index contributed by atoms with van der Waals surface area (Å²) in [6.07, 6.45) is 1.69. The molecule has 1 N–H and O–H groups in total. The Balaban J connectivity index is 1.89. The van der Waals surface area contributed by atoms with Crippen LogP contribution >= 0.6 is 11.6 Å². The van der Waals surface area contributed by atoms with Gasteiger partial charge in [0.15, 0.2) is 0 Å². The monoisotopic (exact) mass is 307 g/mol. The molecule has 2 aromatic rings. The summed E-state index contributed by atoms with van der Waals surface area (Å²) in [5.41, 5.74) is 2.28. The van der Waals surface area contributed by atoms with Gasteiger partial charge in [0.1, 0.15) is 0 Å². The Kier molecular flexibility index (Phi) is 3.54. The highest BCUT2D eigenvalue weighted by Crippen LogP contribution is 2.32. The van der Waals surface area contributed by atoms with E-state index in [1.807, 2.05) is 24.3 Å². The second-order valence-corrected chi connectivity index (χ2v) is 7.02. The molecule has 0 aliphatic heterocycles. The molecular formula is C15H14ClNO2S. The van der Waals surface area contributed by atoms with Crippen molar-refractivity contribution in [1.29, 1.82) is 0 Å². The van der Waals surface area contributed by atoms with Gasteiger partial charge < -0.3 is 0 Å². The summed E-state index contributed by atoms with van der Waals surface area (Å²) in [5.74, 6) is 0. The van der Waals surface area contributed by atoms with Crippen LogP contribution in [0.3, 0.4) is 0 Å². The number of fused-ring (bicyclic) bond motifs is 1. The number of hydrogen-bond acceptors (Lipinski definition) is 2. The third-order valence-corrected chi connectivity index (χ3v) is 5.24. The van der Waals surface area contributed by atoms with Crippen molar-refractivity contribution >= 4 is 21.6 Å². The summed E-state index contributed by atoms with van der Waals surface area (Å²) in [5, 5.41) is 0.416. The van der Waals surface area contributed by atoms with E-state index in [4.69, 9.17) is 11.6 Å². The zero-order valence-electron chi connectivity index (χ0n) is 10.7. The van der Waals surface area contributed by atoms with Crippen LogP contribution in [0.1, 0.15) is 23.6 Å². The molecule has 0 heterocycles. The number of hydrogen-bond donors (Lipinski definition) is 1. The zero-order chi connectivity index (χ0) is 14.2. The predicted octanol–water partition coefficient (Wildman–Crippen LogP) is 3.31. The second kappa shape index (κ2) is 5.20. The fraction of sp³-hybridized carbons (Fsp3) is 0.200. The molecule has 0 spiro atoms. The lowest BCUT2D eigenvalue weighted by Crippen LogP contribution is -2.27. The van der Waals surface area contributed by atoms with Crippen LogP contribution in [0.2, 0.25) is 5.02 Å². The molecule has 3 nitrogen and oxygen atoms in total. The molecule has 1 atom stereocenters. The first-order chi connectivity index (χ1) is 9.56. The second-order valence-electron chi connectivity index (χ2n) is 4.87. The fourth-order valence-corrected chi connectivity index (χ4v) is 4.12. The Labute approximate surface area is 123 Å². The van der Waals surface area contributed by atoms with E-state index in [2.05, 4.69) is 4.72 Å². The highest BCUT2D eigenvalue weighted by atomic mass is 35.5. The van der Waals surface area contributed by atoms with Crippen LogP contribution in [-0.4, -0.2) is 8.42 Å². The van der Waals surface area contributed by atoms with Crippen LogP contribution in [0.25, 0.3) is 0 Å². The van der Waals surface area contributed by atoms with E-state index in [1.54, 1.807) is 18.2 Å². The zero-order valence-corrected chi connectivity index (χ0v) is 12.3. The molecule has 0 saturated heterocycles. The summed E-state index contributed by atoms with van der Waals surface area (Å²) in [6, 6.07) is 14.1. The molecule has 1 unspecified atom stereocenters. The summed E-state index contributed by atoms with van der Waals surface area (Å²) in [7, 11) is -3.54.